The molecule has 19 heavy (non-hydrogen) atoms. The summed E-state index contributed by atoms with van der Waals surface area (Å²) < 4.78 is 5.42. The molecule has 1 amide bonds. The molecule has 1 aromatic rings. The zero-order valence-electron chi connectivity index (χ0n) is 10.8. The molecule has 0 spiro atoms. The summed E-state index contributed by atoms with van der Waals surface area (Å²) in [5.41, 5.74) is 0. The highest BCUT2D eigenvalue weighted by molar-refractivity contribution is 6.30. The number of carbonyl (C=O) groups is 1. The molecule has 5 heteroatoms. The molecule has 0 atom stereocenters. The molecule has 0 radical (unpaired) electrons. The molecule has 0 N–H and O–H groups in total. The summed E-state index contributed by atoms with van der Waals surface area (Å²) in [6.45, 7) is 0.807. The number of alkyl halides is 1. The number of amides is 1. The Morgan fingerprint density at radius 1 is 1.37 bits per heavy atom. The van der Waals surface area contributed by atoms with Gasteiger partial charge in [-0.3, -0.25) is 4.79 Å². The van der Waals surface area contributed by atoms with Gasteiger partial charge in [0.05, 0.1) is 0 Å². The first kappa shape index (κ1) is 14.5. The summed E-state index contributed by atoms with van der Waals surface area (Å²) >= 11 is 11.7. The number of benzene rings is 1. The second kappa shape index (κ2) is 6.49. The highest BCUT2D eigenvalue weighted by Crippen LogP contribution is 2.32. The Bertz CT molecular complexity index is 430. The van der Waals surface area contributed by atoms with Crippen LogP contribution < -0.4 is 4.74 Å². The zero-order chi connectivity index (χ0) is 13.8. The van der Waals surface area contributed by atoms with Gasteiger partial charge in [-0.1, -0.05) is 11.6 Å². The van der Waals surface area contributed by atoms with Crippen molar-refractivity contribution in [3.63, 3.8) is 0 Å². The quantitative estimate of drug-likeness (QED) is 0.782. The summed E-state index contributed by atoms with van der Waals surface area (Å²) in [5, 5.41) is 0.940. The fourth-order valence-electron chi connectivity index (χ4n) is 2.08. The molecule has 0 aliphatic heterocycles. The molecule has 0 aromatic heterocycles. The van der Waals surface area contributed by atoms with Gasteiger partial charge in [-0.05, 0) is 43.0 Å². The van der Waals surface area contributed by atoms with Crippen molar-refractivity contribution >= 4 is 29.1 Å². The lowest BCUT2D eigenvalue weighted by molar-refractivity contribution is -0.132. The SMILES string of the molecule is CN(CC1CC(Cl)C1)C(=O)COc1ccc(Cl)cc1. The van der Waals surface area contributed by atoms with Crippen LogP contribution in [0.2, 0.25) is 5.02 Å². The van der Waals surface area contributed by atoms with Gasteiger partial charge in [0, 0.05) is 24.0 Å². The van der Waals surface area contributed by atoms with Crippen molar-refractivity contribution in [2.75, 3.05) is 20.2 Å². The maximum atomic E-state index is 11.9. The molecule has 2 rings (SSSR count). The maximum Gasteiger partial charge on any atom is 0.260 e. The van der Waals surface area contributed by atoms with Crippen LogP contribution >= 0.6 is 23.2 Å². The Morgan fingerprint density at radius 2 is 2.00 bits per heavy atom. The topological polar surface area (TPSA) is 29.5 Å². The van der Waals surface area contributed by atoms with Crippen LogP contribution in [-0.4, -0.2) is 36.4 Å². The highest BCUT2D eigenvalue weighted by atomic mass is 35.5. The summed E-state index contributed by atoms with van der Waals surface area (Å²) in [6, 6.07) is 6.97. The largest absolute Gasteiger partial charge is 0.484 e. The fraction of sp³-hybridized carbons (Fsp3) is 0.500. The third-order valence-electron chi connectivity index (χ3n) is 3.31. The Labute approximate surface area is 123 Å². The van der Waals surface area contributed by atoms with E-state index in [1.807, 2.05) is 0 Å². The van der Waals surface area contributed by atoms with Crippen molar-refractivity contribution in [1.82, 2.24) is 4.90 Å². The molecular weight excluding hydrogens is 285 g/mol. The van der Waals surface area contributed by atoms with Gasteiger partial charge in [-0.2, -0.15) is 0 Å². The van der Waals surface area contributed by atoms with Gasteiger partial charge in [-0.15, -0.1) is 11.6 Å². The van der Waals surface area contributed by atoms with Crippen LogP contribution in [0.1, 0.15) is 12.8 Å². The molecule has 0 heterocycles. The van der Waals surface area contributed by atoms with Gasteiger partial charge in [0.25, 0.3) is 5.91 Å². The zero-order valence-corrected chi connectivity index (χ0v) is 12.3. The monoisotopic (exact) mass is 301 g/mol. The van der Waals surface area contributed by atoms with Gasteiger partial charge < -0.3 is 9.64 Å². The second-order valence-electron chi connectivity index (χ2n) is 4.95. The second-order valence-corrected chi connectivity index (χ2v) is 6.01. The van der Waals surface area contributed by atoms with E-state index in [2.05, 4.69) is 0 Å². The average Bonchev–Trinajstić information content (AvgIpc) is 2.35. The van der Waals surface area contributed by atoms with E-state index in [1.165, 1.54) is 0 Å². The number of likely N-dealkylation sites (N-methyl/N-ethyl adjacent to an activating group) is 1. The fourth-order valence-corrected chi connectivity index (χ4v) is 2.71. The first-order chi connectivity index (χ1) is 9.04. The maximum absolute atomic E-state index is 11.9. The Balaban J connectivity index is 1.72. The van der Waals surface area contributed by atoms with E-state index in [-0.39, 0.29) is 12.5 Å². The van der Waals surface area contributed by atoms with Crippen LogP contribution in [0.4, 0.5) is 0 Å². The Morgan fingerprint density at radius 3 is 2.58 bits per heavy atom. The van der Waals surface area contributed by atoms with Crippen LogP contribution in [0.3, 0.4) is 0 Å². The van der Waals surface area contributed by atoms with Crippen molar-refractivity contribution in [3.8, 4) is 5.75 Å². The molecule has 0 bridgehead atoms. The third-order valence-corrected chi connectivity index (χ3v) is 3.92. The van der Waals surface area contributed by atoms with Crippen LogP contribution in [0, 0.1) is 5.92 Å². The van der Waals surface area contributed by atoms with Crippen LogP contribution in [0.15, 0.2) is 24.3 Å². The third kappa shape index (κ3) is 4.29. The molecule has 0 saturated heterocycles. The van der Waals surface area contributed by atoms with E-state index < -0.39 is 0 Å². The van der Waals surface area contributed by atoms with E-state index in [4.69, 9.17) is 27.9 Å². The number of nitrogens with zero attached hydrogens (tertiary/aromatic N) is 1. The Kier molecular flexibility index (Phi) is 4.94. The first-order valence-corrected chi connectivity index (χ1v) is 7.12. The minimum atomic E-state index is -0.0204. The lowest BCUT2D eigenvalue weighted by Gasteiger charge is -2.34. The standard InChI is InChI=1S/C14H17Cl2NO2/c1-17(8-10-6-12(16)7-10)14(18)9-19-13-4-2-11(15)3-5-13/h2-5,10,12H,6-9H2,1H3. The minimum absolute atomic E-state index is 0.0204. The predicted molar refractivity (Wildman–Crippen MR) is 76.9 cm³/mol. The van der Waals surface area contributed by atoms with Crippen LogP contribution in [0.5, 0.6) is 5.75 Å². The summed E-state index contributed by atoms with van der Waals surface area (Å²) in [4.78, 5) is 13.6. The van der Waals surface area contributed by atoms with E-state index >= 15 is 0 Å². The number of hydrogen-bond donors (Lipinski definition) is 0. The molecule has 1 aliphatic rings. The van der Waals surface area contributed by atoms with Gasteiger partial charge in [0.2, 0.25) is 0 Å². The number of ether oxygens (including phenoxy) is 1. The molecular formula is C14H17Cl2NO2. The smallest absolute Gasteiger partial charge is 0.260 e. The average molecular weight is 302 g/mol. The summed E-state index contributed by atoms with van der Waals surface area (Å²) in [5.74, 6) is 1.16. The van der Waals surface area contributed by atoms with Crippen molar-refractivity contribution in [3.05, 3.63) is 29.3 Å². The van der Waals surface area contributed by atoms with Crippen molar-refractivity contribution in [2.45, 2.75) is 18.2 Å². The molecule has 104 valence electrons. The molecule has 1 saturated carbocycles. The number of rotatable bonds is 5. The Hall–Kier alpha value is -0.930. The highest BCUT2D eigenvalue weighted by Gasteiger charge is 2.29. The molecule has 1 fully saturated rings. The van der Waals surface area contributed by atoms with Crippen molar-refractivity contribution < 1.29 is 9.53 Å². The lowest BCUT2D eigenvalue weighted by atomic mass is 9.84. The van der Waals surface area contributed by atoms with E-state index in [1.54, 1.807) is 36.2 Å². The molecule has 1 aromatic carbocycles. The number of hydrogen-bond acceptors (Lipinski definition) is 2. The first-order valence-electron chi connectivity index (χ1n) is 6.31. The van der Waals surface area contributed by atoms with Gasteiger partial charge in [-0.25, -0.2) is 0 Å². The van der Waals surface area contributed by atoms with E-state index in [0.29, 0.717) is 22.1 Å². The molecule has 3 nitrogen and oxygen atoms in total. The number of halogens is 2. The minimum Gasteiger partial charge on any atom is -0.484 e. The summed E-state index contributed by atoms with van der Waals surface area (Å²) in [7, 11) is 1.80. The van der Waals surface area contributed by atoms with Gasteiger partial charge >= 0.3 is 0 Å². The van der Waals surface area contributed by atoms with E-state index in [0.717, 1.165) is 19.4 Å². The van der Waals surface area contributed by atoms with Crippen molar-refractivity contribution in [1.29, 1.82) is 0 Å². The normalized spacial score (nSPS) is 21.6. The van der Waals surface area contributed by atoms with Crippen LogP contribution in [0.25, 0.3) is 0 Å². The van der Waals surface area contributed by atoms with Crippen LogP contribution in [-0.2, 0) is 4.79 Å². The summed E-state index contributed by atoms with van der Waals surface area (Å²) in [6.07, 6.45) is 1.99. The number of carbonyl (C=O) groups excluding carboxylic acids is 1. The van der Waals surface area contributed by atoms with Crippen molar-refractivity contribution in [2.24, 2.45) is 5.92 Å². The predicted octanol–water partition coefficient (Wildman–Crippen LogP) is 3.19. The van der Waals surface area contributed by atoms with E-state index in [9.17, 15) is 4.79 Å². The van der Waals surface area contributed by atoms with Gasteiger partial charge in [0.15, 0.2) is 6.61 Å². The molecule has 0 unspecified atom stereocenters. The van der Waals surface area contributed by atoms with Gasteiger partial charge in [0.1, 0.15) is 5.75 Å². The molecule has 1 aliphatic carbocycles. The lowest BCUT2D eigenvalue weighted by Crippen LogP contribution is -2.39.